The van der Waals surface area contributed by atoms with Gasteiger partial charge in [0.05, 0.1) is 24.0 Å². The van der Waals surface area contributed by atoms with Crippen molar-refractivity contribution in [1.29, 1.82) is 0 Å². The smallest absolute Gasteiger partial charge is 0.335 e. The summed E-state index contributed by atoms with van der Waals surface area (Å²) < 4.78 is 38.9. The molecule has 2 atom stereocenters. The number of nitrogens with one attached hydrogen (secondary N) is 1. The number of aromatic carboxylic acids is 1. The molecule has 4 aromatic carbocycles. The summed E-state index contributed by atoms with van der Waals surface area (Å²) in [5, 5.41) is 10.8. The van der Waals surface area contributed by atoms with Crippen LogP contribution < -0.4 is 9.46 Å². The molecule has 10 heteroatoms. The molecule has 52 heavy (non-hydrogen) atoms. The third-order valence-electron chi connectivity index (χ3n) is 11.7. The van der Waals surface area contributed by atoms with Gasteiger partial charge in [-0.25, -0.2) is 17.9 Å². The number of ether oxygens (including phenoxy) is 1. The summed E-state index contributed by atoms with van der Waals surface area (Å²) in [7, 11) is -3.80. The van der Waals surface area contributed by atoms with Gasteiger partial charge in [0.1, 0.15) is 11.5 Å². The predicted octanol–water partition coefficient (Wildman–Crippen LogP) is 8.11. The van der Waals surface area contributed by atoms with E-state index in [2.05, 4.69) is 47.4 Å². The highest BCUT2D eigenvalue weighted by atomic mass is 35.5. The molecule has 5 aromatic rings. The normalized spacial score (nSPS) is 19.5. The molecule has 0 spiro atoms. The van der Waals surface area contributed by atoms with Crippen molar-refractivity contribution in [3.8, 4) is 5.75 Å². The number of nitrogens with zero attached hydrogens (tertiary/aromatic N) is 1. The Kier molecular flexibility index (Phi) is 9.80. The molecule has 0 aliphatic heterocycles. The minimum absolute atomic E-state index is 0.0737. The molecule has 2 aliphatic carbocycles. The fraction of sp³-hybridized carbons (Fsp3) is 0.333. The molecule has 2 saturated carbocycles. The lowest BCUT2D eigenvalue weighted by Crippen LogP contribution is -2.45. The van der Waals surface area contributed by atoms with E-state index in [-0.39, 0.29) is 41.0 Å². The molecule has 0 radical (unpaired) electrons. The SMILES string of the molecule is CC1(C)C2CCC1(CS(=O)(=O)NCCc1c(CCOc3ccc(C(=O)O)cc3)c3cc(Cl)ccc3n1C(c1ccccc1)c1ccccc1)C(=O)C2. The lowest BCUT2D eigenvalue weighted by Gasteiger charge is -2.36. The first-order chi connectivity index (χ1) is 24.9. The Morgan fingerprint density at radius 2 is 1.62 bits per heavy atom. The maximum absolute atomic E-state index is 13.8. The Bertz CT molecular complexity index is 2180. The number of carbonyl (C=O) groups excluding carboxylic acids is 1. The van der Waals surface area contributed by atoms with Gasteiger partial charge in [0.15, 0.2) is 0 Å². The van der Waals surface area contributed by atoms with Gasteiger partial charge >= 0.3 is 5.97 Å². The van der Waals surface area contributed by atoms with E-state index in [4.69, 9.17) is 16.3 Å². The molecule has 2 unspecified atom stereocenters. The molecular formula is C42H43ClN2O6S. The van der Waals surface area contributed by atoms with Gasteiger partial charge in [-0.05, 0) is 83.3 Å². The number of hydrogen-bond acceptors (Lipinski definition) is 5. The minimum Gasteiger partial charge on any atom is -0.493 e. The maximum atomic E-state index is 13.8. The van der Waals surface area contributed by atoms with E-state index in [1.54, 1.807) is 12.1 Å². The number of aromatic nitrogens is 1. The molecule has 0 amide bonds. The molecule has 1 heterocycles. The standard InChI is InChI=1S/C42H43ClN2O6S/c1-41(2)31-19-22-42(41,38(46)25-31)27-52(49,50)44-23-20-37-34(21-24-51-33-16-13-30(14-17-33)40(47)48)35-26-32(43)15-18-36(35)45(37)39(28-9-5-3-6-10-28)29-11-7-4-8-12-29/h3-18,26,31,39,44H,19-25,27H2,1-2H3,(H,47,48). The highest BCUT2D eigenvalue weighted by Gasteiger charge is 2.65. The first kappa shape index (κ1) is 35.9. The summed E-state index contributed by atoms with van der Waals surface area (Å²) in [4.78, 5) is 24.6. The van der Waals surface area contributed by atoms with Crippen molar-refractivity contribution in [2.75, 3.05) is 18.9 Å². The second-order valence-electron chi connectivity index (χ2n) is 14.7. The summed E-state index contributed by atoms with van der Waals surface area (Å²) in [5.41, 5.74) is 3.99. The van der Waals surface area contributed by atoms with E-state index in [9.17, 15) is 23.1 Å². The van der Waals surface area contributed by atoms with Crippen LogP contribution in [-0.4, -0.2) is 48.7 Å². The Morgan fingerprint density at radius 1 is 0.962 bits per heavy atom. The number of carboxylic acids is 1. The van der Waals surface area contributed by atoms with Crippen molar-refractivity contribution >= 4 is 44.3 Å². The quantitative estimate of drug-likeness (QED) is 0.119. The van der Waals surface area contributed by atoms with E-state index in [1.807, 2.05) is 54.6 Å². The molecule has 0 saturated heterocycles. The summed E-state index contributed by atoms with van der Waals surface area (Å²) in [6.07, 6.45) is 2.80. The number of rotatable bonds is 14. The lowest BCUT2D eigenvalue weighted by atomic mass is 9.70. The zero-order valence-electron chi connectivity index (χ0n) is 29.3. The molecule has 270 valence electrons. The number of halogens is 1. The number of ketones is 1. The molecule has 1 aromatic heterocycles. The Balaban J connectivity index is 1.26. The van der Waals surface area contributed by atoms with Crippen LogP contribution in [0.3, 0.4) is 0 Å². The van der Waals surface area contributed by atoms with Gasteiger partial charge in [-0.3, -0.25) is 4.79 Å². The van der Waals surface area contributed by atoms with Crippen LogP contribution >= 0.6 is 11.6 Å². The fourth-order valence-corrected chi connectivity index (χ4v) is 10.8. The summed E-state index contributed by atoms with van der Waals surface area (Å²) in [5.74, 6) is -0.354. The first-order valence-corrected chi connectivity index (χ1v) is 19.8. The van der Waals surface area contributed by atoms with Gasteiger partial charge in [0.25, 0.3) is 0 Å². The van der Waals surface area contributed by atoms with Crippen LogP contribution in [0.1, 0.15) is 71.9 Å². The van der Waals surface area contributed by atoms with Crippen molar-refractivity contribution in [3.05, 3.63) is 136 Å². The van der Waals surface area contributed by atoms with Crippen molar-refractivity contribution in [2.24, 2.45) is 16.7 Å². The number of hydrogen-bond donors (Lipinski definition) is 2. The Hall–Kier alpha value is -4.44. The van der Waals surface area contributed by atoms with E-state index in [1.165, 1.54) is 12.1 Å². The van der Waals surface area contributed by atoms with Crippen LogP contribution in [0.5, 0.6) is 5.75 Å². The van der Waals surface area contributed by atoms with Gasteiger partial charge < -0.3 is 14.4 Å². The topological polar surface area (TPSA) is 115 Å². The summed E-state index contributed by atoms with van der Waals surface area (Å²) in [6.45, 7) is 4.54. The zero-order valence-corrected chi connectivity index (χ0v) is 30.9. The molecule has 2 bridgehead atoms. The number of carboxylic acid groups (broad SMARTS) is 1. The van der Waals surface area contributed by atoms with Gasteiger partial charge in [-0.2, -0.15) is 0 Å². The van der Waals surface area contributed by atoms with Gasteiger partial charge in [0, 0.05) is 52.8 Å². The summed E-state index contributed by atoms with van der Waals surface area (Å²) in [6, 6.07) is 32.4. The molecule has 8 nitrogen and oxygen atoms in total. The van der Waals surface area contributed by atoms with Crippen LogP contribution in [-0.2, 0) is 27.7 Å². The van der Waals surface area contributed by atoms with Gasteiger partial charge in [0.2, 0.25) is 10.0 Å². The van der Waals surface area contributed by atoms with Crippen molar-refractivity contribution in [3.63, 3.8) is 0 Å². The average Bonchev–Trinajstić information content (AvgIpc) is 3.61. The van der Waals surface area contributed by atoms with Crippen LogP contribution in [0.2, 0.25) is 5.02 Å². The first-order valence-electron chi connectivity index (χ1n) is 17.8. The number of Topliss-reactive ketones (excluding diaryl/α,β-unsaturated/α-hetero) is 1. The number of fused-ring (bicyclic) bond motifs is 3. The van der Waals surface area contributed by atoms with Gasteiger partial charge in [-0.15, -0.1) is 0 Å². The molecular weight excluding hydrogens is 696 g/mol. The third-order valence-corrected chi connectivity index (χ3v) is 13.4. The maximum Gasteiger partial charge on any atom is 0.335 e. The Morgan fingerprint density at radius 3 is 2.19 bits per heavy atom. The highest BCUT2D eigenvalue weighted by Crippen LogP contribution is 2.64. The Labute approximate surface area is 309 Å². The van der Waals surface area contributed by atoms with Crippen LogP contribution in [0.25, 0.3) is 10.9 Å². The van der Waals surface area contributed by atoms with Crippen molar-refractivity contribution in [1.82, 2.24) is 9.29 Å². The van der Waals surface area contributed by atoms with E-state index < -0.39 is 21.4 Å². The highest BCUT2D eigenvalue weighted by molar-refractivity contribution is 7.89. The largest absolute Gasteiger partial charge is 0.493 e. The van der Waals surface area contributed by atoms with Crippen LogP contribution in [0.4, 0.5) is 0 Å². The molecule has 2 aliphatic rings. The second kappa shape index (κ2) is 14.2. The number of benzene rings is 4. The zero-order chi connectivity index (χ0) is 36.7. The van der Waals surface area contributed by atoms with E-state index >= 15 is 0 Å². The lowest BCUT2D eigenvalue weighted by molar-refractivity contribution is -0.128. The van der Waals surface area contributed by atoms with Crippen molar-refractivity contribution in [2.45, 2.75) is 52.0 Å². The van der Waals surface area contributed by atoms with Crippen molar-refractivity contribution < 1.29 is 27.9 Å². The van der Waals surface area contributed by atoms with E-state index in [0.717, 1.165) is 39.7 Å². The minimum atomic E-state index is -3.80. The predicted molar refractivity (Wildman–Crippen MR) is 204 cm³/mol. The fourth-order valence-electron chi connectivity index (χ4n) is 8.79. The second-order valence-corrected chi connectivity index (χ2v) is 16.9. The number of carbonyl (C=O) groups is 2. The van der Waals surface area contributed by atoms with Crippen LogP contribution in [0.15, 0.2) is 103 Å². The van der Waals surface area contributed by atoms with Crippen LogP contribution in [0, 0.1) is 16.7 Å². The van der Waals surface area contributed by atoms with Gasteiger partial charge in [-0.1, -0.05) is 86.1 Å². The summed E-state index contributed by atoms with van der Waals surface area (Å²) >= 11 is 6.64. The third kappa shape index (κ3) is 6.66. The monoisotopic (exact) mass is 738 g/mol. The molecule has 2 N–H and O–H groups in total. The molecule has 7 rings (SSSR count). The number of sulfonamides is 1. The van der Waals surface area contributed by atoms with E-state index in [0.29, 0.717) is 43.1 Å². The average molecular weight is 739 g/mol. The molecule has 2 fully saturated rings.